The van der Waals surface area contributed by atoms with Crippen LogP contribution in [0.3, 0.4) is 0 Å². The zero-order valence-corrected chi connectivity index (χ0v) is 10.8. The third-order valence-corrected chi connectivity index (χ3v) is 3.60. The lowest BCUT2D eigenvalue weighted by Gasteiger charge is -2.21. The average Bonchev–Trinajstić information content (AvgIpc) is 2.38. The molecule has 1 heterocycles. The van der Waals surface area contributed by atoms with Crippen LogP contribution in [0, 0.1) is 0 Å². The summed E-state index contributed by atoms with van der Waals surface area (Å²) in [5.74, 6) is 0. The van der Waals surface area contributed by atoms with Gasteiger partial charge >= 0.3 is 0 Å². The molecular formula is C12H17BrN2. The SMILES string of the molecule is CNC1CCCN(C)c2ccc(Br)cc21. The topological polar surface area (TPSA) is 15.3 Å². The first-order valence-corrected chi connectivity index (χ1v) is 6.19. The van der Waals surface area contributed by atoms with Crippen LogP contribution in [0.4, 0.5) is 5.69 Å². The Morgan fingerprint density at radius 3 is 3.00 bits per heavy atom. The molecule has 1 aromatic carbocycles. The molecule has 2 nitrogen and oxygen atoms in total. The quantitative estimate of drug-likeness (QED) is 0.843. The Hall–Kier alpha value is -0.540. The molecule has 1 aliphatic rings. The number of halogens is 1. The zero-order valence-electron chi connectivity index (χ0n) is 9.26. The second-order valence-electron chi connectivity index (χ2n) is 4.11. The molecule has 1 N–H and O–H groups in total. The minimum Gasteiger partial charge on any atom is -0.374 e. The lowest BCUT2D eigenvalue weighted by atomic mass is 10.0. The van der Waals surface area contributed by atoms with E-state index in [2.05, 4.69) is 51.4 Å². The summed E-state index contributed by atoms with van der Waals surface area (Å²) in [6.45, 7) is 1.15. The van der Waals surface area contributed by atoms with E-state index in [1.165, 1.54) is 24.1 Å². The minimum absolute atomic E-state index is 0.488. The van der Waals surface area contributed by atoms with Crippen LogP contribution in [0.25, 0.3) is 0 Å². The fourth-order valence-corrected chi connectivity index (χ4v) is 2.64. The van der Waals surface area contributed by atoms with Crippen molar-refractivity contribution in [3.05, 3.63) is 28.2 Å². The lowest BCUT2D eigenvalue weighted by molar-refractivity contribution is 0.543. The van der Waals surface area contributed by atoms with Gasteiger partial charge in [-0.05, 0) is 43.7 Å². The maximum Gasteiger partial charge on any atom is 0.0412 e. The molecule has 0 saturated carbocycles. The second kappa shape index (κ2) is 4.54. The van der Waals surface area contributed by atoms with Crippen LogP contribution in [-0.2, 0) is 0 Å². The number of hydrogen-bond acceptors (Lipinski definition) is 2. The van der Waals surface area contributed by atoms with Crippen molar-refractivity contribution in [1.82, 2.24) is 5.32 Å². The van der Waals surface area contributed by atoms with Crippen molar-refractivity contribution < 1.29 is 0 Å². The highest BCUT2D eigenvalue weighted by Gasteiger charge is 2.19. The summed E-state index contributed by atoms with van der Waals surface area (Å²) in [5.41, 5.74) is 2.77. The molecule has 0 saturated heterocycles. The molecule has 0 spiro atoms. The van der Waals surface area contributed by atoms with E-state index in [0.29, 0.717) is 6.04 Å². The van der Waals surface area contributed by atoms with Crippen LogP contribution in [0.15, 0.2) is 22.7 Å². The summed E-state index contributed by atoms with van der Waals surface area (Å²) in [6.07, 6.45) is 2.46. The molecule has 0 amide bonds. The number of nitrogens with zero attached hydrogens (tertiary/aromatic N) is 1. The Labute approximate surface area is 99.8 Å². The molecule has 0 aliphatic carbocycles. The number of rotatable bonds is 1. The first kappa shape index (κ1) is 11.0. The molecule has 0 aromatic heterocycles. The summed E-state index contributed by atoms with van der Waals surface area (Å²) >= 11 is 3.55. The largest absolute Gasteiger partial charge is 0.374 e. The number of fused-ring (bicyclic) bond motifs is 1. The predicted molar refractivity (Wildman–Crippen MR) is 68.4 cm³/mol. The fourth-order valence-electron chi connectivity index (χ4n) is 2.26. The lowest BCUT2D eigenvalue weighted by Crippen LogP contribution is -2.18. The molecule has 0 radical (unpaired) electrons. The van der Waals surface area contributed by atoms with Gasteiger partial charge in [-0.25, -0.2) is 0 Å². The van der Waals surface area contributed by atoms with Gasteiger partial charge in [-0.1, -0.05) is 15.9 Å². The monoisotopic (exact) mass is 268 g/mol. The highest BCUT2D eigenvalue weighted by atomic mass is 79.9. The molecule has 1 unspecified atom stereocenters. The van der Waals surface area contributed by atoms with Crippen LogP contribution in [0.2, 0.25) is 0 Å². The zero-order chi connectivity index (χ0) is 10.8. The van der Waals surface area contributed by atoms with Gasteiger partial charge in [0.05, 0.1) is 0 Å². The van der Waals surface area contributed by atoms with Crippen LogP contribution in [-0.4, -0.2) is 20.6 Å². The maximum atomic E-state index is 3.55. The highest BCUT2D eigenvalue weighted by Crippen LogP contribution is 2.33. The summed E-state index contributed by atoms with van der Waals surface area (Å²) in [7, 11) is 4.21. The van der Waals surface area contributed by atoms with Gasteiger partial charge < -0.3 is 10.2 Å². The van der Waals surface area contributed by atoms with Gasteiger partial charge in [0, 0.05) is 29.8 Å². The molecule has 82 valence electrons. The molecule has 2 rings (SSSR count). The normalized spacial score (nSPS) is 21.0. The molecule has 15 heavy (non-hydrogen) atoms. The van der Waals surface area contributed by atoms with Crippen molar-refractivity contribution >= 4 is 21.6 Å². The molecule has 1 aromatic rings. The summed E-state index contributed by atoms with van der Waals surface area (Å²) in [5, 5.41) is 3.40. The molecular weight excluding hydrogens is 252 g/mol. The average molecular weight is 269 g/mol. The maximum absolute atomic E-state index is 3.55. The fraction of sp³-hybridized carbons (Fsp3) is 0.500. The van der Waals surface area contributed by atoms with Crippen molar-refractivity contribution in [2.24, 2.45) is 0 Å². The predicted octanol–water partition coefficient (Wildman–Crippen LogP) is 2.94. The number of anilines is 1. The van der Waals surface area contributed by atoms with Gasteiger partial charge in [0.1, 0.15) is 0 Å². The van der Waals surface area contributed by atoms with E-state index in [0.717, 1.165) is 11.0 Å². The summed E-state index contributed by atoms with van der Waals surface area (Å²) < 4.78 is 1.16. The van der Waals surface area contributed by atoms with Crippen molar-refractivity contribution in [3.8, 4) is 0 Å². The molecule has 3 heteroatoms. The Kier molecular flexibility index (Phi) is 3.32. The Balaban J connectivity index is 2.46. The van der Waals surface area contributed by atoms with Crippen molar-refractivity contribution in [3.63, 3.8) is 0 Å². The van der Waals surface area contributed by atoms with Gasteiger partial charge in [-0.2, -0.15) is 0 Å². The van der Waals surface area contributed by atoms with Gasteiger partial charge in [-0.15, -0.1) is 0 Å². The first-order chi connectivity index (χ1) is 7.22. The number of hydrogen-bond donors (Lipinski definition) is 1. The number of nitrogens with one attached hydrogen (secondary N) is 1. The van der Waals surface area contributed by atoms with E-state index in [9.17, 15) is 0 Å². The Morgan fingerprint density at radius 1 is 1.47 bits per heavy atom. The van der Waals surface area contributed by atoms with Gasteiger partial charge in [0.15, 0.2) is 0 Å². The van der Waals surface area contributed by atoms with Gasteiger partial charge in [0.25, 0.3) is 0 Å². The van der Waals surface area contributed by atoms with Gasteiger partial charge in [-0.3, -0.25) is 0 Å². The van der Waals surface area contributed by atoms with Crippen LogP contribution in [0.5, 0.6) is 0 Å². The third kappa shape index (κ3) is 2.18. The Bertz CT molecular complexity index is 351. The number of benzene rings is 1. The van der Waals surface area contributed by atoms with E-state index in [1.807, 2.05) is 7.05 Å². The van der Waals surface area contributed by atoms with Crippen molar-refractivity contribution in [2.75, 3.05) is 25.5 Å². The van der Waals surface area contributed by atoms with E-state index in [4.69, 9.17) is 0 Å². The second-order valence-corrected chi connectivity index (χ2v) is 5.02. The smallest absolute Gasteiger partial charge is 0.0412 e. The van der Waals surface area contributed by atoms with E-state index < -0.39 is 0 Å². The van der Waals surface area contributed by atoms with Crippen LogP contribution >= 0.6 is 15.9 Å². The summed E-state index contributed by atoms with van der Waals surface area (Å²) in [6, 6.07) is 7.04. The standard InChI is InChI=1S/C12H17BrN2/c1-14-11-4-3-7-15(2)12-6-5-9(13)8-10(11)12/h5-6,8,11,14H,3-4,7H2,1-2H3. The minimum atomic E-state index is 0.488. The highest BCUT2D eigenvalue weighted by molar-refractivity contribution is 9.10. The molecule has 0 fully saturated rings. The van der Waals surface area contributed by atoms with Gasteiger partial charge in [0.2, 0.25) is 0 Å². The molecule has 1 aliphatic heterocycles. The van der Waals surface area contributed by atoms with Crippen LogP contribution in [0.1, 0.15) is 24.4 Å². The van der Waals surface area contributed by atoms with Crippen LogP contribution < -0.4 is 10.2 Å². The first-order valence-electron chi connectivity index (χ1n) is 5.40. The van der Waals surface area contributed by atoms with E-state index >= 15 is 0 Å². The van der Waals surface area contributed by atoms with Crippen molar-refractivity contribution in [2.45, 2.75) is 18.9 Å². The molecule has 0 bridgehead atoms. The molecule has 1 atom stereocenters. The van der Waals surface area contributed by atoms with E-state index in [1.54, 1.807) is 0 Å². The Morgan fingerprint density at radius 2 is 2.27 bits per heavy atom. The van der Waals surface area contributed by atoms with Crippen molar-refractivity contribution in [1.29, 1.82) is 0 Å². The third-order valence-electron chi connectivity index (χ3n) is 3.11. The van der Waals surface area contributed by atoms with E-state index in [-0.39, 0.29) is 0 Å². The summed E-state index contributed by atoms with van der Waals surface area (Å²) in [4.78, 5) is 2.35.